The van der Waals surface area contributed by atoms with Gasteiger partial charge in [-0.15, -0.1) is 0 Å². The molecule has 0 rings (SSSR count). The maximum Gasteiger partial charge on any atom is 0.268 e. The smallest absolute Gasteiger partial charge is 0.268 e. The number of Topliss-reactive ketones (excluding diaryl/α,β-unsaturated/α-hetero) is 1. The number of nitrogens with zero attached hydrogens (tertiary/aromatic N) is 1. The van der Waals surface area contributed by atoms with Gasteiger partial charge in [0.2, 0.25) is 0 Å². The second-order valence-corrected chi connectivity index (χ2v) is 11.7. The fourth-order valence-corrected chi connectivity index (χ4v) is 4.45. The van der Waals surface area contributed by atoms with Crippen LogP contribution in [0.3, 0.4) is 0 Å². The van der Waals surface area contributed by atoms with Gasteiger partial charge in [0.05, 0.1) is 27.7 Å². The molecule has 0 aliphatic carbocycles. The Morgan fingerprint density at radius 2 is 1.46 bits per heavy atom. The summed E-state index contributed by atoms with van der Waals surface area (Å²) in [6, 6.07) is 0. The first kappa shape index (κ1) is 34.4. The molecule has 0 fully saturated rings. The monoisotopic (exact) mass is 521 g/mol. The molecule has 0 aromatic heterocycles. The van der Waals surface area contributed by atoms with Crippen LogP contribution >= 0.6 is 7.82 Å². The van der Waals surface area contributed by atoms with Crippen LogP contribution in [0.15, 0.2) is 12.2 Å². The standard InChI is InChI=1S/C26H52NO7P/c1-5-6-7-8-9-10-11-12-13-14-15-16-17-18-19-20-24(29)26(25(30)23-28)34-35(31,32)33-22-21-27(2,3)4/h12-13,25-26,28,30H,5-11,14-23H2,1-4H3/b13-12-/t25-,26?/m0/s1. The van der Waals surface area contributed by atoms with Crippen molar-refractivity contribution in [3.05, 3.63) is 12.2 Å². The van der Waals surface area contributed by atoms with Gasteiger partial charge in [0.1, 0.15) is 19.3 Å². The molecular formula is C26H52NO7P. The van der Waals surface area contributed by atoms with Gasteiger partial charge in [-0.2, -0.15) is 0 Å². The molecule has 0 aromatic carbocycles. The lowest BCUT2D eigenvalue weighted by atomic mass is 10.0. The van der Waals surface area contributed by atoms with Gasteiger partial charge in [-0.1, -0.05) is 70.4 Å². The summed E-state index contributed by atoms with van der Waals surface area (Å²) in [6.07, 6.45) is 16.1. The fourth-order valence-electron chi connectivity index (χ4n) is 3.55. The number of hydrogen-bond acceptors (Lipinski definition) is 7. The predicted octanol–water partition coefficient (Wildman–Crippen LogP) is 4.52. The molecule has 9 heteroatoms. The van der Waals surface area contributed by atoms with Crippen LogP contribution in [0.25, 0.3) is 0 Å². The van der Waals surface area contributed by atoms with Gasteiger partial charge in [0, 0.05) is 6.42 Å². The third-order valence-corrected chi connectivity index (χ3v) is 6.78. The zero-order valence-corrected chi connectivity index (χ0v) is 23.6. The van der Waals surface area contributed by atoms with Crippen LogP contribution in [0.5, 0.6) is 0 Å². The van der Waals surface area contributed by atoms with Crippen LogP contribution in [-0.2, 0) is 18.4 Å². The highest BCUT2D eigenvalue weighted by Gasteiger charge is 2.31. The SMILES string of the molecule is CCCCCCCC/C=C\CCCCCCCC(=O)C(OP(=O)([O-])OCC[N+](C)(C)C)[C@@H](O)CO. The largest absolute Gasteiger partial charge is 0.756 e. The molecule has 2 N–H and O–H groups in total. The molecule has 2 unspecified atom stereocenters. The summed E-state index contributed by atoms with van der Waals surface area (Å²) in [5, 5.41) is 19.1. The second-order valence-electron chi connectivity index (χ2n) is 10.4. The number of ketones is 1. The van der Waals surface area contributed by atoms with Crippen molar-refractivity contribution in [1.29, 1.82) is 0 Å². The molecule has 0 aliphatic heterocycles. The lowest BCUT2D eigenvalue weighted by Crippen LogP contribution is -2.40. The van der Waals surface area contributed by atoms with Gasteiger partial charge < -0.3 is 28.6 Å². The highest BCUT2D eigenvalue weighted by Crippen LogP contribution is 2.40. The topological polar surface area (TPSA) is 116 Å². The number of rotatable bonds is 24. The first-order valence-electron chi connectivity index (χ1n) is 13.4. The fraction of sp³-hybridized carbons (Fsp3) is 0.885. The lowest BCUT2D eigenvalue weighted by molar-refractivity contribution is -0.870. The van der Waals surface area contributed by atoms with Gasteiger partial charge in [-0.25, -0.2) is 0 Å². The number of phosphoric ester groups is 1. The summed E-state index contributed by atoms with van der Waals surface area (Å²) in [5.41, 5.74) is 0. The highest BCUT2D eigenvalue weighted by molar-refractivity contribution is 7.45. The van der Waals surface area contributed by atoms with E-state index in [-0.39, 0.29) is 13.0 Å². The van der Waals surface area contributed by atoms with Crippen LogP contribution < -0.4 is 4.89 Å². The van der Waals surface area contributed by atoms with E-state index in [0.717, 1.165) is 38.5 Å². The summed E-state index contributed by atoms with van der Waals surface area (Å²) in [6.45, 7) is 1.78. The number of quaternary nitrogens is 1. The minimum atomic E-state index is -4.79. The molecule has 8 nitrogen and oxygen atoms in total. The predicted molar refractivity (Wildman–Crippen MR) is 139 cm³/mol. The minimum absolute atomic E-state index is 0.0821. The van der Waals surface area contributed by atoms with Crippen molar-refractivity contribution in [2.24, 2.45) is 0 Å². The average Bonchev–Trinajstić information content (AvgIpc) is 2.78. The maximum absolute atomic E-state index is 12.5. The van der Waals surface area contributed by atoms with Gasteiger partial charge in [-0.05, 0) is 32.1 Å². The van der Waals surface area contributed by atoms with Crippen molar-refractivity contribution in [2.45, 2.75) is 109 Å². The first-order chi connectivity index (χ1) is 16.5. The number of unbranched alkanes of at least 4 members (excludes halogenated alkanes) is 11. The maximum atomic E-state index is 12.5. The Hall–Kier alpha value is -0.600. The summed E-state index contributed by atoms with van der Waals surface area (Å²) in [5.74, 6) is -0.546. The number of likely N-dealkylation sites (N-methyl/N-ethyl adjacent to an activating group) is 1. The van der Waals surface area contributed by atoms with Crippen molar-refractivity contribution in [3.63, 3.8) is 0 Å². The number of carbonyl (C=O) groups excluding carboxylic acids is 1. The van der Waals surface area contributed by atoms with Crippen molar-refractivity contribution in [2.75, 3.05) is 40.9 Å². The Balaban J connectivity index is 4.07. The summed E-state index contributed by atoms with van der Waals surface area (Å²) in [4.78, 5) is 24.6. The van der Waals surface area contributed by atoms with Crippen LogP contribution in [0.2, 0.25) is 0 Å². The number of aliphatic hydroxyl groups excluding tert-OH is 2. The minimum Gasteiger partial charge on any atom is -0.756 e. The summed E-state index contributed by atoms with van der Waals surface area (Å²) < 4.78 is 22.3. The van der Waals surface area contributed by atoms with Gasteiger partial charge in [-0.3, -0.25) is 9.36 Å². The molecule has 0 aliphatic rings. The van der Waals surface area contributed by atoms with Crippen LogP contribution in [0.4, 0.5) is 0 Å². The summed E-state index contributed by atoms with van der Waals surface area (Å²) >= 11 is 0. The zero-order valence-electron chi connectivity index (χ0n) is 22.7. The number of hydrogen-bond donors (Lipinski definition) is 2. The van der Waals surface area contributed by atoms with E-state index >= 15 is 0 Å². The van der Waals surface area contributed by atoms with Crippen molar-refractivity contribution in [1.82, 2.24) is 0 Å². The van der Waals surface area contributed by atoms with Gasteiger partial charge >= 0.3 is 0 Å². The molecule has 0 radical (unpaired) electrons. The summed E-state index contributed by atoms with van der Waals surface area (Å²) in [7, 11) is 0.865. The van der Waals surface area contributed by atoms with E-state index in [1.807, 2.05) is 21.1 Å². The second kappa shape index (κ2) is 20.5. The lowest BCUT2D eigenvalue weighted by Gasteiger charge is -2.30. The number of allylic oxidation sites excluding steroid dienone is 2. The Labute approximate surface area is 213 Å². The molecule has 35 heavy (non-hydrogen) atoms. The average molecular weight is 522 g/mol. The van der Waals surface area contributed by atoms with E-state index in [4.69, 9.17) is 9.05 Å². The van der Waals surface area contributed by atoms with Crippen LogP contribution in [0, 0.1) is 0 Å². The van der Waals surface area contributed by atoms with Gasteiger partial charge in [0.15, 0.2) is 11.9 Å². The number of aliphatic hydroxyl groups is 2. The van der Waals surface area contributed by atoms with E-state index in [9.17, 15) is 24.5 Å². The van der Waals surface area contributed by atoms with Crippen LogP contribution in [0.1, 0.15) is 96.8 Å². The van der Waals surface area contributed by atoms with Gasteiger partial charge in [0.25, 0.3) is 7.82 Å². The van der Waals surface area contributed by atoms with Crippen molar-refractivity contribution < 1.29 is 38.0 Å². The highest BCUT2D eigenvalue weighted by atomic mass is 31.2. The third-order valence-electron chi connectivity index (χ3n) is 5.79. The quantitative estimate of drug-likeness (QED) is 0.0830. The molecule has 208 valence electrons. The van der Waals surface area contributed by atoms with E-state index in [1.165, 1.54) is 38.5 Å². The third kappa shape index (κ3) is 21.2. The molecule has 3 atom stereocenters. The van der Waals surface area contributed by atoms with E-state index in [1.54, 1.807) is 0 Å². The number of phosphoric acid groups is 1. The molecule has 0 heterocycles. The Morgan fingerprint density at radius 3 is 1.97 bits per heavy atom. The van der Waals surface area contributed by atoms with E-state index in [2.05, 4.69) is 19.1 Å². The molecular weight excluding hydrogens is 469 g/mol. The Morgan fingerprint density at radius 1 is 0.943 bits per heavy atom. The number of carbonyl (C=O) groups is 1. The Bertz CT molecular complexity index is 607. The zero-order chi connectivity index (χ0) is 26.6. The Kier molecular flexibility index (Phi) is 20.1. The van der Waals surface area contributed by atoms with Crippen molar-refractivity contribution >= 4 is 13.6 Å². The molecule has 0 saturated carbocycles. The molecule has 0 amide bonds. The first-order valence-corrected chi connectivity index (χ1v) is 14.9. The van der Waals surface area contributed by atoms with Crippen molar-refractivity contribution in [3.8, 4) is 0 Å². The van der Waals surface area contributed by atoms with Crippen LogP contribution in [-0.4, -0.2) is 73.6 Å². The van der Waals surface area contributed by atoms with E-state index < -0.39 is 32.4 Å². The normalized spacial score (nSPS) is 15.9. The molecule has 0 saturated heterocycles. The molecule has 0 aromatic rings. The molecule has 0 spiro atoms. The van der Waals surface area contributed by atoms with E-state index in [0.29, 0.717) is 17.4 Å². The molecule has 0 bridgehead atoms.